The highest BCUT2D eigenvalue weighted by atomic mass is 16.3. The summed E-state index contributed by atoms with van der Waals surface area (Å²) >= 11 is 0. The summed E-state index contributed by atoms with van der Waals surface area (Å²) in [6.07, 6.45) is 1.57. The van der Waals surface area contributed by atoms with E-state index in [1.165, 1.54) is 16.7 Å². The van der Waals surface area contributed by atoms with E-state index in [0.717, 1.165) is 31.5 Å². The molecule has 2 nitrogen and oxygen atoms in total. The van der Waals surface area contributed by atoms with E-state index >= 15 is 0 Å². The monoisotopic (exact) mass is 343 g/mol. The van der Waals surface area contributed by atoms with Gasteiger partial charge in [0.25, 0.3) is 0 Å². The molecule has 2 atom stereocenters. The Hall–Kier alpha value is -2.42. The number of nitrogens with zero attached hydrogens (tertiary/aromatic N) is 1. The molecule has 0 unspecified atom stereocenters. The molecule has 1 aliphatic carbocycles. The Balaban J connectivity index is 1.62. The lowest BCUT2D eigenvalue weighted by molar-refractivity contribution is 0.0267. The van der Waals surface area contributed by atoms with E-state index in [-0.39, 0.29) is 6.04 Å². The van der Waals surface area contributed by atoms with Crippen molar-refractivity contribution >= 4 is 0 Å². The summed E-state index contributed by atoms with van der Waals surface area (Å²) in [7, 11) is 0. The van der Waals surface area contributed by atoms with Gasteiger partial charge in [-0.1, -0.05) is 84.9 Å². The third kappa shape index (κ3) is 3.72. The molecule has 3 aromatic carbocycles. The summed E-state index contributed by atoms with van der Waals surface area (Å²) in [5.41, 5.74) is 4.95. The minimum Gasteiger partial charge on any atom is -0.387 e. The summed E-state index contributed by atoms with van der Waals surface area (Å²) < 4.78 is 0. The average Bonchev–Trinajstić information content (AvgIpc) is 2.70. The second-order valence-electron chi connectivity index (χ2n) is 7.13. The van der Waals surface area contributed by atoms with Gasteiger partial charge in [0.1, 0.15) is 0 Å². The summed E-state index contributed by atoms with van der Waals surface area (Å²) in [6.45, 7) is 1.69. The van der Waals surface area contributed by atoms with Crippen molar-refractivity contribution in [2.24, 2.45) is 0 Å². The van der Waals surface area contributed by atoms with Gasteiger partial charge in [-0.15, -0.1) is 0 Å². The zero-order valence-electron chi connectivity index (χ0n) is 15.0. The molecule has 132 valence electrons. The van der Waals surface area contributed by atoms with Crippen molar-refractivity contribution < 1.29 is 5.11 Å². The van der Waals surface area contributed by atoms with Crippen molar-refractivity contribution in [1.82, 2.24) is 4.90 Å². The van der Waals surface area contributed by atoms with E-state index < -0.39 is 6.10 Å². The van der Waals surface area contributed by atoms with E-state index in [1.807, 2.05) is 6.07 Å². The number of fused-ring (bicyclic) bond motifs is 1. The smallest absolute Gasteiger partial charge is 0.0948 e. The van der Waals surface area contributed by atoms with Crippen molar-refractivity contribution in [1.29, 1.82) is 0 Å². The number of benzene rings is 3. The topological polar surface area (TPSA) is 23.5 Å². The van der Waals surface area contributed by atoms with E-state index in [1.54, 1.807) is 0 Å². The molecular weight excluding hydrogens is 318 g/mol. The average molecular weight is 343 g/mol. The van der Waals surface area contributed by atoms with Gasteiger partial charge in [-0.25, -0.2) is 0 Å². The zero-order chi connectivity index (χ0) is 17.8. The Labute approximate surface area is 155 Å². The van der Waals surface area contributed by atoms with Gasteiger partial charge in [0, 0.05) is 19.1 Å². The van der Waals surface area contributed by atoms with Gasteiger partial charge >= 0.3 is 0 Å². The minimum absolute atomic E-state index is 0.130. The van der Waals surface area contributed by atoms with Crippen molar-refractivity contribution in [3.05, 3.63) is 107 Å². The molecule has 4 rings (SSSR count). The second kappa shape index (κ2) is 7.86. The maximum absolute atomic E-state index is 11.1. The first-order valence-electron chi connectivity index (χ1n) is 9.39. The Morgan fingerprint density at radius 2 is 1.27 bits per heavy atom. The predicted octanol–water partition coefficient (Wildman–Crippen LogP) is 4.74. The SMILES string of the molecule is O[C@H]1c2ccccc2CC[C@@H]1N(Cc1ccccc1)Cc1ccccc1. The van der Waals surface area contributed by atoms with Crippen molar-refractivity contribution in [3.8, 4) is 0 Å². The van der Waals surface area contributed by atoms with Crippen LogP contribution in [0.2, 0.25) is 0 Å². The lowest BCUT2D eigenvalue weighted by Crippen LogP contribution is -2.41. The molecule has 0 aliphatic heterocycles. The lowest BCUT2D eigenvalue weighted by atomic mass is 9.84. The quantitative estimate of drug-likeness (QED) is 0.723. The Bertz CT molecular complexity index is 790. The Kier molecular flexibility index (Phi) is 5.14. The van der Waals surface area contributed by atoms with Crippen LogP contribution in [0.4, 0.5) is 0 Å². The molecule has 0 amide bonds. The molecule has 0 radical (unpaired) electrons. The number of hydrogen-bond acceptors (Lipinski definition) is 2. The van der Waals surface area contributed by atoms with E-state index in [0.29, 0.717) is 0 Å². The normalized spacial score (nSPS) is 19.3. The van der Waals surface area contributed by atoms with Crippen LogP contribution in [-0.4, -0.2) is 16.0 Å². The van der Waals surface area contributed by atoms with Crippen molar-refractivity contribution in [2.45, 2.75) is 38.1 Å². The third-order valence-corrected chi connectivity index (χ3v) is 5.37. The molecule has 0 saturated heterocycles. The van der Waals surface area contributed by atoms with Crippen LogP contribution in [0.25, 0.3) is 0 Å². The first kappa shape index (κ1) is 17.0. The number of aliphatic hydroxyl groups excluding tert-OH is 1. The standard InChI is InChI=1S/C24H25NO/c26-24-22-14-8-7-13-21(22)15-16-23(24)25(17-19-9-3-1-4-10-19)18-20-11-5-2-6-12-20/h1-14,23-24,26H,15-18H2/t23-,24-/m0/s1. The summed E-state index contributed by atoms with van der Waals surface area (Å²) in [4.78, 5) is 2.44. The van der Waals surface area contributed by atoms with E-state index in [9.17, 15) is 5.11 Å². The van der Waals surface area contributed by atoms with E-state index in [4.69, 9.17) is 0 Å². The molecule has 0 saturated carbocycles. The summed E-state index contributed by atoms with van der Waals surface area (Å²) in [6, 6.07) is 29.6. The van der Waals surface area contributed by atoms with Gasteiger partial charge in [-0.3, -0.25) is 4.90 Å². The summed E-state index contributed by atoms with van der Waals surface area (Å²) in [5.74, 6) is 0. The molecule has 1 N–H and O–H groups in total. The van der Waals surface area contributed by atoms with Crippen LogP contribution in [0, 0.1) is 0 Å². The third-order valence-electron chi connectivity index (χ3n) is 5.37. The van der Waals surface area contributed by atoms with Crippen molar-refractivity contribution in [3.63, 3.8) is 0 Å². The van der Waals surface area contributed by atoms with Gasteiger partial charge in [-0.05, 0) is 35.1 Å². The van der Waals surface area contributed by atoms with Crippen LogP contribution in [0.15, 0.2) is 84.9 Å². The van der Waals surface area contributed by atoms with Crippen LogP contribution in [0.1, 0.15) is 34.8 Å². The highest BCUT2D eigenvalue weighted by Crippen LogP contribution is 2.34. The molecular formula is C24H25NO. The molecule has 26 heavy (non-hydrogen) atoms. The van der Waals surface area contributed by atoms with Crippen LogP contribution in [0.3, 0.4) is 0 Å². The zero-order valence-corrected chi connectivity index (χ0v) is 15.0. The highest BCUT2D eigenvalue weighted by molar-refractivity contribution is 5.33. The van der Waals surface area contributed by atoms with Gasteiger partial charge in [0.15, 0.2) is 0 Å². The largest absolute Gasteiger partial charge is 0.387 e. The van der Waals surface area contributed by atoms with Gasteiger partial charge in [0.05, 0.1) is 6.10 Å². The molecule has 0 aromatic heterocycles. The lowest BCUT2D eigenvalue weighted by Gasteiger charge is -2.39. The van der Waals surface area contributed by atoms with Crippen LogP contribution in [0.5, 0.6) is 0 Å². The second-order valence-corrected chi connectivity index (χ2v) is 7.13. The minimum atomic E-state index is -0.438. The van der Waals surface area contributed by atoms with Crippen LogP contribution in [-0.2, 0) is 19.5 Å². The predicted molar refractivity (Wildman–Crippen MR) is 106 cm³/mol. The fourth-order valence-corrected chi connectivity index (χ4v) is 4.03. The molecule has 0 spiro atoms. The number of rotatable bonds is 5. The fourth-order valence-electron chi connectivity index (χ4n) is 4.03. The summed E-state index contributed by atoms with van der Waals surface area (Å²) in [5, 5.41) is 11.1. The van der Waals surface area contributed by atoms with Gasteiger partial charge in [0.2, 0.25) is 0 Å². The first-order valence-corrected chi connectivity index (χ1v) is 9.39. The molecule has 2 heteroatoms. The van der Waals surface area contributed by atoms with Crippen LogP contribution >= 0.6 is 0 Å². The molecule has 1 aliphatic rings. The maximum Gasteiger partial charge on any atom is 0.0948 e. The molecule has 0 fully saturated rings. The number of aryl methyl sites for hydroxylation is 1. The maximum atomic E-state index is 11.1. The van der Waals surface area contributed by atoms with Crippen LogP contribution < -0.4 is 0 Å². The molecule has 3 aromatic rings. The Morgan fingerprint density at radius 3 is 1.88 bits per heavy atom. The number of hydrogen-bond donors (Lipinski definition) is 1. The van der Waals surface area contributed by atoms with Gasteiger partial charge < -0.3 is 5.11 Å². The molecule has 0 heterocycles. The van der Waals surface area contributed by atoms with Gasteiger partial charge in [-0.2, -0.15) is 0 Å². The Morgan fingerprint density at radius 1 is 0.731 bits per heavy atom. The molecule has 0 bridgehead atoms. The first-order chi connectivity index (χ1) is 12.8. The number of aliphatic hydroxyl groups is 1. The fraction of sp³-hybridized carbons (Fsp3) is 0.250. The van der Waals surface area contributed by atoms with E-state index in [2.05, 4.69) is 83.8 Å². The van der Waals surface area contributed by atoms with Crippen molar-refractivity contribution in [2.75, 3.05) is 0 Å². The highest BCUT2D eigenvalue weighted by Gasteiger charge is 2.32.